The number of methoxy groups -OCH3 is 1. The molecule has 1 aliphatic rings. The Morgan fingerprint density at radius 1 is 0.811 bits per heavy atom. The standard InChI is InChI=1S/C28H34N2O7/c1-35-26(33)28(16-10-2-3-11-17-28)30-25(32)23(18-24(31)36-19-21-12-6-4-7-13-21)29-27(34)37-20-22-14-8-5-9-15-22/h4-9,12-15,23H,2-3,10-11,16-20H2,1H3,(H,29,34)(H,30,32). The number of alkyl carbamates (subject to hydrolysis) is 1. The van der Waals surface area contributed by atoms with Crippen molar-refractivity contribution in [1.29, 1.82) is 0 Å². The van der Waals surface area contributed by atoms with Gasteiger partial charge in [0.25, 0.3) is 0 Å². The van der Waals surface area contributed by atoms with Crippen molar-refractivity contribution in [3.8, 4) is 0 Å². The summed E-state index contributed by atoms with van der Waals surface area (Å²) in [5.74, 6) is -1.90. The summed E-state index contributed by atoms with van der Waals surface area (Å²) in [6, 6.07) is 16.9. The molecule has 2 amide bonds. The molecule has 0 radical (unpaired) electrons. The van der Waals surface area contributed by atoms with Gasteiger partial charge in [-0.2, -0.15) is 0 Å². The highest BCUT2D eigenvalue weighted by Crippen LogP contribution is 2.28. The van der Waals surface area contributed by atoms with Gasteiger partial charge in [0.05, 0.1) is 13.5 Å². The largest absolute Gasteiger partial charge is 0.467 e. The van der Waals surface area contributed by atoms with Gasteiger partial charge in [0.2, 0.25) is 5.91 Å². The molecule has 9 heteroatoms. The highest BCUT2D eigenvalue weighted by atomic mass is 16.6. The average molecular weight is 511 g/mol. The maximum Gasteiger partial charge on any atom is 0.408 e. The molecule has 0 aromatic heterocycles. The lowest BCUT2D eigenvalue weighted by Gasteiger charge is -2.32. The van der Waals surface area contributed by atoms with Crippen molar-refractivity contribution in [2.45, 2.75) is 69.7 Å². The summed E-state index contributed by atoms with van der Waals surface area (Å²) >= 11 is 0. The van der Waals surface area contributed by atoms with Crippen LogP contribution in [0.3, 0.4) is 0 Å². The zero-order valence-electron chi connectivity index (χ0n) is 21.1. The van der Waals surface area contributed by atoms with E-state index in [0.717, 1.165) is 36.8 Å². The predicted octanol–water partition coefficient (Wildman–Crippen LogP) is 3.80. The van der Waals surface area contributed by atoms with Crippen molar-refractivity contribution in [2.75, 3.05) is 7.11 Å². The van der Waals surface area contributed by atoms with E-state index < -0.39 is 41.9 Å². The molecule has 2 N–H and O–H groups in total. The number of carbonyl (C=O) groups excluding carboxylic acids is 4. The summed E-state index contributed by atoms with van der Waals surface area (Å²) in [4.78, 5) is 51.3. The molecule has 198 valence electrons. The zero-order chi connectivity index (χ0) is 26.5. The number of amides is 2. The number of carbonyl (C=O) groups is 4. The molecular formula is C28H34N2O7. The number of esters is 2. The van der Waals surface area contributed by atoms with Gasteiger partial charge in [-0.15, -0.1) is 0 Å². The van der Waals surface area contributed by atoms with Gasteiger partial charge in [0, 0.05) is 0 Å². The number of nitrogens with one attached hydrogen (secondary N) is 2. The Morgan fingerprint density at radius 2 is 1.35 bits per heavy atom. The van der Waals surface area contributed by atoms with E-state index in [4.69, 9.17) is 14.2 Å². The Kier molecular flexibility index (Phi) is 10.5. The molecule has 1 saturated carbocycles. The fourth-order valence-corrected chi connectivity index (χ4v) is 4.31. The first-order valence-corrected chi connectivity index (χ1v) is 12.5. The lowest BCUT2D eigenvalue weighted by Crippen LogP contribution is -2.60. The Bertz CT molecular complexity index is 978. The lowest BCUT2D eigenvalue weighted by molar-refractivity contribution is -0.152. The summed E-state index contributed by atoms with van der Waals surface area (Å²) < 4.78 is 15.6. The highest BCUT2D eigenvalue weighted by molar-refractivity contribution is 5.94. The van der Waals surface area contributed by atoms with Crippen molar-refractivity contribution in [3.63, 3.8) is 0 Å². The zero-order valence-corrected chi connectivity index (χ0v) is 21.1. The summed E-state index contributed by atoms with van der Waals surface area (Å²) in [6.07, 6.45) is 2.88. The van der Waals surface area contributed by atoms with Crippen LogP contribution in [-0.2, 0) is 41.8 Å². The van der Waals surface area contributed by atoms with Crippen LogP contribution in [-0.4, -0.2) is 42.6 Å². The van der Waals surface area contributed by atoms with Crippen molar-refractivity contribution in [1.82, 2.24) is 10.6 Å². The van der Waals surface area contributed by atoms with E-state index in [1.165, 1.54) is 7.11 Å². The van der Waals surface area contributed by atoms with Crippen LogP contribution in [0.4, 0.5) is 4.79 Å². The number of hydrogen-bond acceptors (Lipinski definition) is 7. The van der Waals surface area contributed by atoms with Crippen LogP contribution < -0.4 is 10.6 Å². The molecule has 0 bridgehead atoms. The van der Waals surface area contributed by atoms with Gasteiger partial charge in [0.15, 0.2) is 0 Å². The number of benzene rings is 2. The van der Waals surface area contributed by atoms with Gasteiger partial charge in [-0.3, -0.25) is 9.59 Å². The fourth-order valence-electron chi connectivity index (χ4n) is 4.31. The van der Waals surface area contributed by atoms with Gasteiger partial charge in [0.1, 0.15) is 24.8 Å². The third-order valence-electron chi connectivity index (χ3n) is 6.33. The van der Waals surface area contributed by atoms with Gasteiger partial charge >= 0.3 is 18.0 Å². The summed E-state index contributed by atoms with van der Waals surface area (Å²) in [5, 5.41) is 5.26. The fraction of sp³-hybridized carbons (Fsp3) is 0.429. The van der Waals surface area contributed by atoms with Gasteiger partial charge in [-0.05, 0) is 24.0 Å². The van der Waals surface area contributed by atoms with Gasteiger partial charge in [-0.25, -0.2) is 9.59 Å². The molecule has 3 rings (SSSR count). The first kappa shape index (κ1) is 27.7. The van der Waals surface area contributed by atoms with Crippen LogP contribution in [0.15, 0.2) is 60.7 Å². The van der Waals surface area contributed by atoms with E-state index >= 15 is 0 Å². The Morgan fingerprint density at radius 3 is 1.89 bits per heavy atom. The molecular weight excluding hydrogens is 476 g/mol. The number of rotatable bonds is 10. The molecule has 1 unspecified atom stereocenters. The van der Waals surface area contributed by atoms with Crippen molar-refractivity contribution < 1.29 is 33.4 Å². The predicted molar refractivity (Wildman–Crippen MR) is 135 cm³/mol. The van der Waals surface area contributed by atoms with Crippen LogP contribution in [0.25, 0.3) is 0 Å². The molecule has 0 spiro atoms. The topological polar surface area (TPSA) is 120 Å². The molecule has 1 aliphatic carbocycles. The SMILES string of the molecule is COC(=O)C1(NC(=O)C(CC(=O)OCc2ccccc2)NC(=O)OCc2ccccc2)CCCCCC1. The van der Waals surface area contributed by atoms with Crippen LogP contribution in [0.2, 0.25) is 0 Å². The van der Waals surface area contributed by atoms with Crippen molar-refractivity contribution in [3.05, 3.63) is 71.8 Å². The normalized spacial score (nSPS) is 15.4. The first-order chi connectivity index (χ1) is 17.9. The maximum absolute atomic E-state index is 13.4. The second-order valence-electron chi connectivity index (χ2n) is 9.09. The minimum atomic E-state index is -1.31. The molecule has 1 fully saturated rings. The van der Waals surface area contributed by atoms with E-state index in [-0.39, 0.29) is 13.2 Å². The van der Waals surface area contributed by atoms with E-state index in [1.54, 1.807) is 12.1 Å². The van der Waals surface area contributed by atoms with E-state index in [0.29, 0.717) is 12.8 Å². The smallest absolute Gasteiger partial charge is 0.408 e. The second kappa shape index (κ2) is 14.0. The first-order valence-electron chi connectivity index (χ1n) is 12.5. The third-order valence-corrected chi connectivity index (χ3v) is 6.33. The molecule has 1 atom stereocenters. The van der Waals surface area contributed by atoms with Gasteiger partial charge in [-0.1, -0.05) is 86.3 Å². The Hall–Kier alpha value is -3.88. The average Bonchev–Trinajstić information content (AvgIpc) is 3.17. The molecule has 0 heterocycles. The van der Waals surface area contributed by atoms with Crippen LogP contribution in [0, 0.1) is 0 Å². The summed E-state index contributed by atoms with van der Waals surface area (Å²) in [6.45, 7) is 0.0180. The molecule has 0 aliphatic heterocycles. The second-order valence-corrected chi connectivity index (χ2v) is 9.09. The summed E-state index contributed by atoms with van der Waals surface area (Å²) in [5.41, 5.74) is 0.337. The molecule has 0 saturated heterocycles. The van der Waals surface area contributed by atoms with E-state index in [1.807, 2.05) is 48.5 Å². The maximum atomic E-state index is 13.4. The van der Waals surface area contributed by atoms with Gasteiger partial charge < -0.3 is 24.8 Å². The lowest BCUT2D eigenvalue weighted by atomic mass is 9.89. The number of ether oxygens (including phenoxy) is 3. The van der Waals surface area contributed by atoms with E-state index in [2.05, 4.69) is 10.6 Å². The van der Waals surface area contributed by atoms with Crippen molar-refractivity contribution in [2.24, 2.45) is 0 Å². The van der Waals surface area contributed by atoms with E-state index in [9.17, 15) is 19.2 Å². The third kappa shape index (κ3) is 8.63. The minimum Gasteiger partial charge on any atom is -0.467 e. The molecule has 2 aromatic rings. The molecule has 9 nitrogen and oxygen atoms in total. The Balaban J connectivity index is 1.69. The summed E-state index contributed by atoms with van der Waals surface area (Å²) in [7, 11) is 1.28. The molecule has 2 aromatic carbocycles. The van der Waals surface area contributed by atoms with Crippen LogP contribution >= 0.6 is 0 Å². The Labute approximate surface area is 216 Å². The van der Waals surface area contributed by atoms with Crippen molar-refractivity contribution >= 4 is 23.9 Å². The number of hydrogen-bond donors (Lipinski definition) is 2. The monoisotopic (exact) mass is 510 g/mol. The quantitative estimate of drug-likeness (QED) is 0.283. The van der Waals surface area contributed by atoms with Crippen LogP contribution in [0.5, 0.6) is 0 Å². The van der Waals surface area contributed by atoms with Crippen LogP contribution in [0.1, 0.15) is 56.1 Å². The molecule has 37 heavy (non-hydrogen) atoms. The minimum absolute atomic E-state index is 0.00837. The highest BCUT2D eigenvalue weighted by Gasteiger charge is 2.43.